The fourth-order valence-corrected chi connectivity index (χ4v) is 7.70. The molecule has 2 heterocycles. The van der Waals surface area contributed by atoms with Crippen LogP contribution in [0.1, 0.15) is 26.3 Å². The molecule has 8 rings (SSSR count). The Balaban J connectivity index is 1.43. The molecule has 0 unspecified atom stereocenters. The highest BCUT2D eigenvalue weighted by Crippen LogP contribution is 2.44. The third-order valence-electron chi connectivity index (χ3n) is 8.59. The van der Waals surface area contributed by atoms with Gasteiger partial charge in [0.25, 0.3) is 0 Å². The molecular weight excluding hydrogens is 572 g/mol. The van der Waals surface area contributed by atoms with Crippen molar-refractivity contribution in [2.24, 2.45) is 0 Å². The summed E-state index contributed by atoms with van der Waals surface area (Å²) in [6.07, 6.45) is 0. The van der Waals surface area contributed by atoms with Crippen LogP contribution in [0.4, 0.5) is 4.39 Å². The summed E-state index contributed by atoms with van der Waals surface area (Å²) in [4.78, 5) is 5.25. The molecule has 218 valence electrons. The average Bonchev–Trinajstić information content (AvgIpc) is 3.63. The van der Waals surface area contributed by atoms with E-state index in [2.05, 4.69) is 116 Å². The number of fused-ring (bicyclic) bond motifs is 4. The molecule has 0 amide bonds. The number of benzene rings is 6. The molecule has 0 bridgehead atoms. The van der Waals surface area contributed by atoms with Crippen molar-refractivity contribution in [3.05, 3.63) is 145 Å². The summed E-state index contributed by atoms with van der Waals surface area (Å²) in [5.41, 5.74) is 8.75. The molecule has 0 aliphatic rings. The zero-order valence-electron chi connectivity index (χ0n) is 25.4. The summed E-state index contributed by atoms with van der Waals surface area (Å²) in [6, 6.07) is 45.6. The zero-order valence-corrected chi connectivity index (χ0v) is 26.2. The van der Waals surface area contributed by atoms with Crippen LogP contribution in [-0.2, 0) is 5.41 Å². The minimum atomic E-state index is -0.328. The van der Waals surface area contributed by atoms with Crippen molar-refractivity contribution in [3.8, 4) is 39.3 Å². The third-order valence-corrected chi connectivity index (χ3v) is 9.81. The first-order chi connectivity index (χ1) is 21.9. The van der Waals surface area contributed by atoms with E-state index in [0.29, 0.717) is 0 Å². The second kappa shape index (κ2) is 10.5. The number of nitrogens with zero attached hydrogens (tertiary/aromatic N) is 2. The quantitative estimate of drug-likeness (QED) is 0.196. The summed E-state index contributed by atoms with van der Waals surface area (Å²) in [5, 5.41) is 2.45. The molecule has 2 nitrogen and oxygen atoms in total. The zero-order chi connectivity index (χ0) is 30.7. The van der Waals surface area contributed by atoms with E-state index < -0.39 is 0 Å². The summed E-state index contributed by atoms with van der Waals surface area (Å²) < 4.78 is 20.2. The number of imidazole rings is 1. The predicted molar refractivity (Wildman–Crippen MR) is 189 cm³/mol. The van der Waals surface area contributed by atoms with Gasteiger partial charge in [0.15, 0.2) is 0 Å². The Labute approximate surface area is 266 Å². The normalized spacial score (nSPS) is 12.0. The largest absolute Gasteiger partial charge is 0.291 e. The van der Waals surface area contributed by atoms with Crippen LogP contribution in [0.25, 0.3) is 70.5 Å². The van der Waals surface area contributed by atoms with Gasteiger partial charge in [-0.3, -0.25) is 4.57 Å². The summed E-state index contributed by atoms with van der Waals surface area (Å²) in [7, 11) is 0. The molecule has 4 heteroatoms. The molecule has 8 aromatic rings. The highest BCUT2D eigenvalue weighted by molar-refractivity contribution is 7.26. The van der Waals surface area contributed by atoms with Gasteiger partial charge in [-0.05, 0) is 70.1 Å². The Kier molecular flexibility index (Phi) is 6.44. The van der Waals surface area contributed by atoms with Crippen molar-refractivity contribution in [3.63, 3.8) is 0 Å². The van der Waals surface area contributed by atoms with Crippen LogP contribution in [0.15, 0.2) is 133 Å². The Morgan fingerprint density at radius 1 is 0.622 bits per heavy atom. The Morgan fingerprint density at radius 3 is 2.04 bits per heavy atom. The van der Waals surface area contributed by atoms with Gasteiger partial charge in [0.05, 0.1) is 16.7 Å². The van der Waals surface area contributed by atoms with E-state index in [1.807, 2.05) is 41.7 Å². The van der Waals surface area contributed by atoms with Gasteiger partial charge in [-0.2, -0.15) is 0 Å². The van der Waals surface area contributed by atoms with Crippen molar-refractivity contribution in [1.82, 2.24) is 9.55 Å². The van der Waals surface area contributed by atoms with Gasteiger partial charge in [-0.1, -0.05) is 112 Å². The second-order valence-electron chi connectivity index (χ2n) is 12.6. The highest BCUT2D eigenvalue weighted by Gasteiger charge is 2.27. The van der Waals surface area contributed by atoms with Gasteiger partial charge in [0, 0.05) is 31.3 Å². The van der Waals surface area contributed by atoms with Crippen LogP contribution < -0.4 is 0 Å². The first-order valence-corrected chi connectivity index (χ1v) is 16.1. The monoisotopic (exact) mass is 602 g/mol. The fraction of sp³-hybridized carbons (Fsp3) is 0.0976. The molecule has 0 atom stereocenters. The van der Waals surface area contributed by atoms with Gasteiger partial charge in [0.2, 0.25) is 0 Å². The van der Waals surface area contributed by atoms with Crippen LogP contribution in [0.2, 0.25) is 0 Å². The van der Waals surface area contributed by atoms with E-state index >= 15 is 4.39 Å². The van der Waals surface area contributed by atoms with Crippen LogP contribution in [0, 0.1) is 5.82 Å². The average molecular weight is 603 g/mol. The Morgan fingerprint density at radius 2 is 1.31 bits per heavy atom. The molecule has 2 aromatic heterocycles. The maximum absolute atomic E-state index is 15.4. The topological polar surface area (TPSA) is 17.8 Å². The minimum Gasteiger partial charge on any atom is -0.291 e. The van der Waals surface area contributed by atoms with Crippen molar-refractivity contribution in [2.75, 3.05) is 0 Å². The number of para-hydroxylation sites is 2. The lowest BCUT2D eigenvalue weighted by atomic mass is 9.83. The van der Waals surface area contributed by atoms with E-state index in [1.54, 1.807) is 12.1 Å². The summed E-state index contributed by atoms with van der Waals surface area (Å²) >= 11 is 1.83. The van der Waals surface area contributed by atoms with Crippen molar-refractivity contribution < 1.29 is 4.39 Å². The molecule has 45 heavy (non-hydrogen) atoms. The summed E-state index contributed by atoms with van der Waals surface area (Å²) in [5.74, 6) is 0.597. The maximum Gasteiger partial charge on any atom is 0.145 e. The smallest absolute Gasteiger partial charge is 0.145 e. The number of hydrogen-bond acceptors (Lipinski definition) is 2. The number of thiophene rings is 1. The number of rotatable bonds is 4. The second-order valence-corrected chi connectivity index (χ2v) is 13.6. The molecule has 0 N–H and O–H groups in total. The standard InChI is InChI=1S/C41H31FN2S/c1-41(2,3)34-25-29(42)24-32(27-15-8-5-9-16-27)38(34)44-36-20-11-10-19-35(36)43-40(44)28-21-22-37-33(23-28)31-18-12-17-30(39(31)45-37)26-13-6-4-7-14-26/h4-25H,1-3H3. The summed E-state index contributed by atoms with van der Waals surface area (Å²) in [6.45, 7) is 6.44. The number of hydrogen-bond donors (Lipinski definition) is 0. The molecule has 6 aromatic carbocycles. The van der Waals surface area contributed by atoms with Crippen LogP contribution >= 0.6 is 11.3 Å². The first-order valence-electron chi connectivity index (χ1n) is 15.3. The molecular formula is C41H31FN2S. The van der Waals surface area contributed by atoms with E-state index in [-0.39, 0.29) is 11.2 Å². The lowest BCUT2D eigenvalue weighted by molar-refractivity contribution is 0.570. The van der Waals surface area contributed by atoms with E-state index in [0.717, 1.165) is 44.8 Å². The van der Waals surface area contributed by atoms with E-state index in [9.17, 15) is 0 Å². The minimum absolute atomic E-state index is 0.242. The van der Waals surface area contributed by atoms with Gasteiger partial charge in [0.1, 0.15) is 11.6 Å². The van der Waals surface area contributed by atoms with Gasteiger partial charge < -0.3 is 0 Å². The fourth-order valence-electron chi connectivity index (χ4n) is 6.48. The molecule has 0 spiro atoms. The third kappa shape index (κ3) is 4.65. The number of aromatic nitrogens is 2. The molecule has 0 saturated carbocycles. The lowest BCUT2D eigenvalue weighted by Gasteiger charge is -2.27. The lowest BCUT2D eigenvalue weighted by Crippen LogP contribution is -2.17. The van der Waals surface area contributed by atoms with Crippen LogP contribution in [-0.4, -0.2) is 9.55 Å². The first kappa shape index (κ1) is 27.5. The maximum atomic E-state index is 15.4. The van der Waals surface area contributed by atoms with Gasteiger partial charge in [-0.15, -0.1) is 11.3 Å². The van der Waals surface area contributed by atoms with Crippen LogP contribution in [0.5, 0.6) is 0 Å². The highest BCUT2D eigenvalue weighted by atomic mass is 32.1. The number of halogens is 1. The Bertz CT molecular complexity index is 2360. The van der Waals surface area contributed by atoms with Crippen molar-refractivity contribution in [2.45, 2.75) is 26.2 Å². The van der Waals surface area contributed by atoms with Crippen LogP contribution in [0.3, 0.4) is 0 Å². The molecule has 0 fully saturated rings. The Hall–Kier alpha value is -5.06. The molecule has 0 radical (unpaired) electrons. The van der Waals surface area contributed by atoms with E-state index in [4.69, 9.17) is 4.98 Å². The molecule has 0 aliphatic heterocycles. The van der Waals surface area contributed by atoms with Crippen molar-refractivity contribution in [1.29, 1.82) is 0 Å². The predicted octanol–water partition coefficient (Wildman–Crippen LogP) is 11.8. The SMILES string of the molecule is CC(C)(C)c1cc(F)cc(-c2ccccc2)c1-n1c(-c2ccc3sc4c(-c5ccccc5)cccc4c3c2)nc2ccccc21. The van der Waals surface area contributed by atoms with Gasteiger partial charge in [-0.25, -0.2) is 9.37 Å². The van der Waals surface area contributed by atoms with Crippen molar-refractivity contribution >= 4 is 42.5 Å². The van der Waals surface area contributed by atoms with Gasteiger partial charge >= 0.3 is 0 Å². The molecule has 0 saturated heterocycles. The van der Waals surface area contributed by atoms with E-state index in [1.165, 1.54) is 31.3 Å². The molecule has 0 aliphatic carbocycles.